The Kier molecular flexibility index (Phi) is 7.34. The number of likely N-dealkylation sites (tertiary alicyclic amines) is 1. The van der Waals surface area contributed by atoms with Crippen molar-refractivity contribution in [3.05, 3.63) is 86.8 Å². The standard InChI is InChI=1S/C30H32F2N2O4/c1-3-38-28-21(16-25(19-4-5-19)26(27(28)32)20-6-8-22(31)9-7-20)17-33-13-10-23(11-14-33)34-15-12-24(30(36)37)18(2)29(34)35/h6-9,12,15-16,19,23H,3-5,10-11,13-14,17H2,1-2H3,(H,36,37). The average Bonchev–Trinajstić information content (AvgIpc) is 3.74. The van der Waals surface area contributed by atoms with Gasteiger partial charge in [0, 0.05) is 48.6 Å². The van der Waals surface area contributed by atoms with Gasteiger partial charge in [0.2, 0.25) is 0 Å². The molecule has 1 aliphatic heterocycles. The van der Waals surface area contributed by atoms with Gasteiger partial charge in [-0.3, -0.25) is 9.69 Å². The van der Waals surface area contributed by atoms with E-state index in [1.807, 2.05) is 6.92 Å². The number of rotatable bonds is 8. The molecule has 0 amide bonds. The largest absolute Gasteiger partial charge is 0.490 e. The normalized spacial score (nSPS) is 16.5. The summed E-state index contributed by atoms with van der Waals surface area (Å²) in [5, 5.41) is 9.29. The number of piperidine rings is 1. The molecule has 6 nitrogen and oxygen atoms in total. The first-order chi connectivity index (χ1) is 18.3. The third-order valence-electron chi connectivity index (χ3n) is 7.70. The lowest BCUT2D eigenvalue weighted by Gasteiger charge is -2.33. The van der Waals surface area contributed by atoms with E-state index in [2.05, 4.69) is 11.0 Å². The van der Waals surface area contributed by atoms with E-state index < -0.39 is 11.8 Å². The lowest BCUT2D eigenvalue weighted by Crippen LogP contribution is -2.38. The van der Waals surface area contributed by atoms with Crippen molar-refractivity contribution < 1.29 is 23.4 Å². The van der Waals surface area contributed by atoms with Gasteiger partial charge in [0.1, 0.15) is 5.82 Å². The lowest BCUT2D eigenvalue weighted by molar-refractivity contribution is 0.0695. The molecule has 0 atom stereocenters. The number of hydrogen-bond donors (Lipinski definition) is 1. The van der Waals surface area contributed by atoms with Crippen molar-refractivity contribution in [1.82, 2.24) is 9.47 Å². The zero-order chi connectivity index (χ0) is 27.0. The zero-order valence-corrected chi connectivity index (χ0v) is 21.7. The van der Waals surface area contributed by atoms with E-state index in [4.69, 9.17) is 4.74 Å². The van der Waals surface area contributed by atoms with E-state index >= 15 is 4.39 Å². The van der Waals surface area contributed by atoms with Crippen LogP contribution in [0, 0.1) is 18.6 Å². The minimum Gasteiger partial charge on any atom is -0.490 e. The summed E-state index contributed by atoms with van der Waals surface area (Å²) in [6.07, 6.45) is 5.03. The van der Waals surface area contributed by atoms with Gasteiger partial charge < -0.3 is 14.4 Å². The van der Waals surface area contributed by atoms with E-state index in [0.29, 0.717) is 37.4 Å². The Bertz CT molecular complexity index is 1410. The summed E-state index contributed by atoms with van der Waals surface area (Å²) in [5.74, 6) is -1.33. The van der Waals surface area contributed by atoms with Crippen LogP contribution in [-0.2, 0) is 6.54 Å². The Hall–Kier alpha value is -3.52. The molecule has 3 aromatic rings. The molecule has 5 rings (SSSR count). The van der Waals surface area contributed by atoms with Crippen LogP contribution in [0.1, 0.15) is 71.6 Å². The maximum Gasteiger partial charge on any atom is 0.336 e. The predicted octanol–water partition coefficient (Wildman–Crippen LogP) is 5.91. The fourth-order valence-corrected chi connectivity index (χ4v) is 5.52. The summed E-state index contributed by atoms with van der Waals surface area (Å²) in [7, 11) is 0. The molecular formula is C30H32F2N2O4. The van der Waals surface area contributed by atoms with Gasteiger partial charge in [-0.05, 0) is 80.8 Å². The van der Waals surface area contributed by atoms with E-state index in [-0.39, 0.29) is 40.2 Å². The highest BCUT2D eigenvalue weighted by Gasteiger charge is 2.32. The highest BCUT2D eigenvalue weighted by molar-refractivity contribution is 5.89. The average molecular weight is 523 g/mol. The molecule has 200 valence electrons. The van der Waals surface area contributed by atoms with E-state index in [1.54, 1.807) is 29.8 Å². The first-order valence-electron chi connectivity index (χ1n) is 13.2. The first-order valence-corrected chi connectivity index (χ1v) is 13.2. The van der Waals surface area contributed by atoms with Crippen LogP contribution in [0.2, 0.25) is 0 Å². The number of carbonyl (C=O) groups is 1. The monoisotopic (exact) mass is 522 g/mol. The topological polar surface area (TPSA) is 71.8 Å². The van der Waals surface area contributed by atoms with Gasteiger partial charge in [-0.1, -0.05) is 12.1 Å². The molecule has 1 saturated heterocycles. The summed E-state index contributed by atoms with van der Waals surface area (Å²) in [5.41, 5.74) is 2.90. The molecule has 1 aromatic heterocycles. The van der Waals surface area contributed by atoms with Crippen LogP contribution in [0.5, 0.6) is 5.75 Å². The fraction of sp³-hybridized carbons (Fsp3) is 0.400. The first kappa shape index (κ1) is 26.1. The Balaban J connectivity index is 1.39. The smallest absolute Gasteiger partial charge is 0.336 e. The number of carboxylic acid groups (broad SMARTS) is 1. The van der Waals surface area contributed by atoms with Crippen molar-refractivity contribution in [1.29, 1.82) is 0 Å². The van der Waals surface area contributed by atoms with Crippen molar-refractivity contribution in [2.24, 2.45) is 0 Å². The third kappa shape index (κ3) is 5.10. The van der Waals surface area contributed by atoms with E-state index in [0.717, 1.165) is 36.8 Å². The van der Waals surface area contributed by atoms with Crippen molar-refractivity contribution >= 4 is 5.97 Å². The number of aromatic nitrogens is 1. The molecule has 0 radical (unpaired) electrons. The van der Waals surface area contributed by atoms with Crippen LogP contribution in [0.25, 0.3) is 11.1 Å². The number of halogens is 2. The Labute approximate surface area is 220 Å². The molecule has 2 heterocycles. The van der Waals surface area contributed by atoms with Gasteiger partial charge in [0.05, 0.1) is 12.2 Å². The molecular weight excluding hydrogens is 490 g/mol. The Morgan fingerprint density at radius 2 is 1.76 bits per heavy atom. The molecule has 38 heavy (non-hydrogen) atoms. The minimum absolute atomic E-state index is 0.0220. The quantitative estimate of drug-likeness (QED) is 0.398. The highest BCUT2D eigenvalue weighted by atomic mass is 19.1. The SMILES string of the molecule is CCOc1c(CN2CCC(n3ccc(C(=O)O)c(C)c3=O)CC2)cc(C2CC2)c(-c2ccc(F)cc2)c1F. The van der Waals surface area contributed by atoms with Gasteiger partial charge in [-0.15, -0.1) is 0 Å². The summed E-state index contributed by atoms with van der Waals surface area (Å²) in [4.78, 5) is 26.4. The summed E-state index contributed by atoms with van der Waals surface area (Å²) in [6.45, 7) is 5.65. The summed E-state index contributed by atoms with van der Waals surface area (Å²) in [6, 6.07) is 9.47. The third-order valence-corrected chi connectivity index (χ3v) is 7.70. The minimum atomic E-state index is -1.10. The number of benzene rings is 2. The molecule has 1 N–H and O–H groups in total. The maximum atomic E-state index is 16.0. The van der Waals surface area contributed by atoms with Gasteiger partial charge in [-0.25, -0.2) is 13.6 Å². The van der Waals surface area contributed by atoms with Crippen LogP contribution >= 0.6 is 0 Å². The molecule has 0 bridgehead atoms. The second-order valence-electron chi connectivity index (χ2n) is 10.2. The van der Waals surface area contributed by atoms with Crippen molar-refractivity contribution in [2.75, 3.05) is 19.7 Å². The van der Waals surface area contributed by atoms with Crippen molar-refractivity contribution in [2.45, 2.75) is 58.0 Å². The molecule has 0 unspecified atom stereocenters. The number of pyridine rings is 1. The second-order valence-corrected chi connectivity index (χ2v) is 10.2. The van der Waals surface area contributed by atoms with Gasteiger partial charge in [0.15, 0.2) is 11.6 Å². The van der Waals surface area contributed by atoms with Gasteiger partial charge >= 0.3 is 5.97 Å². The molecule has 1 saturated carbocycles. The number of nitrogens with zero attached hydrogens (tertiary/aromatic N) is 2. The second kappa shape index (κ2) is 10.7. The van der Waals surface area contributed by atoms with Gasteiger partial charge in [-0.2, -0.15) is 0 Å². The summed E-state index contributed by atoms with van der Waals surface area (Å²) >= 11 is 0. The van der Waals surface area contributed by atoms with E-state index in [1.165, 1.54) is 18.2 Å². The molecule has 8 heteroatoms. The zero-order valence-electron chi connectivity index (χ0n) is 21.7. The Morgan fingerprint density at radius 1 is 1.08 bits per heavy atom. The van der Waals surface area contributed by atoms with Crippen molar-refractivity contribution in [3.63, 3.8) is 0 Å². The fourth-order valence-electron chi connectivity index (χ4n) is 5.52. The van der Waals surface area contributed by atoms with Crippen LogP contribution in [0.15, 0.2) is 47.4 Å². The number of carboxylic acids is 1. The number of aromatic carboxylic acids is 1. The van der Waals surface area contributed by atoms with Gasteiger partial charge in [0.25, 0.3) is 5.56 Å². The van der Waals surface area contributed by atoms with Crippen LogP contribution < -0.4 is 10.3 Å². The summed E-state index contributed by atoms with van der Waals surface area (Å²) < 4.78 is 37.1. The molecule has 0 spiro atoms. The van der Waals surface area contributed by atoms with Crippen LogP contribution in [-0.4, -0.2) is 40.2 Å². The number of ether oxygens (including phenoxy) is 1. The maximum absolute atomic E-state index is 16.0. The predicted molar refractivity (Wildman–Crippen MR) is 141 cm³/mol. The highest BCUT2D eigenvalue weighted by Crippen LogP contribution is 2.48. The Morgan fingerprint density at radius 3 is 2.37 bits per heavy atom. The molecule has 2 aromatic carbocycles. The van der Waals surface area contributed by atoms with Crippen molar-refractivity contribution in [3.8, 4) is 16.9 Å². The van der Waals surface area contributed by atoms with Crippen LogP contribution in [0.3, 0.4) is 0 Å². The number of hydrogen-bond acceptors (Lipinski definition) is 4. The molecule has 2 fully saturated rings. The lowest BCUT2D eigenvalue weighted by atomic mass is 9.92. The molecule has 2 aliphatic rings. The van der Waals surface area contributed by atoms with Crippen LogP contribution in [0.4, 0.5) is 8.78 Å². The van der Waals surface area contributed by atoms with E-state index in [9.17, 15) is 19.1 Å². The molecule has 1 aliphatic carbocycles.